The minimum Gasteiger partial charge on any atom is -0.462 e. The third-order valence-electron chi connectivity index (χ3n) is 1.60. The first-order valence-electron chi connectivity index (χ1n) is 3.01. The molecule has 0 spiro atoms. The highest BCUT2D eigenvalue weighted by Crippen LogP contribution is 2.32. The van der Waals surface area contributed by atoms with Gasteiger partial charge in [0.05, 0.1) is 0 Å². The molecule has 0 aliphatic carbocycles. The molecule has 1 fully saturated rings. The number of ether oxygens (including phenoxy) is 1. The van der Waals surface area contributed by atoms with Crippen molar-refractivity contribution in [3.05, 3.63) is 0 Å². The van der Waals surface area contributed by atoms with Gasteiger partial charge in [-0.25, -0.2) is 4.79 Å². The first kappa shape index (κ1) is 8.81. The van der Waals surface area contributed by atoms with E-state index < -0.39 is 22.0 Å². The van der Waals surface area contributed by atoms with E-state index in [0.29, 0.717) is 0 Å². The zero-order valence-corrected chi connectivity index (χ0v) is 7.28. The largest absolute Gasteiger partial charge is 0.462 e. The molecule has 1 aliphatic heterocycles. The number of carbonyl (C=O) groups is 2. The third-order valence-corrected chi connectivity index (χ3v) is 2.85. The number of hydrogen-bond donors (Lipinski definition) is 0. The highest BCUT2D eigenvalue weighted by Gasteiger charge is 2.54. The molecule has 0 saturated carbocycles. The summed E-state index contributed by atoms with van der Waals surface area (Å²) in [5, 5.41) is -0.755. The maximum Gasteiger partial charge on any atom is 0.336 e. The van der Waals surface area contributed by atoms with E-state index in [0.717, 1.165) is 0 Å². The van der Waals surface area contributed by atoms with Crippen LogP contribution < -0.4 is 0 Å². The molecule has 1 aliphatic rings. The molecule has 0 radical (unpaired) electrons. The summed E-state index contributed by atoms with van der Waals surface area (Å²) in [5.41, 5.74) is 0. The van der Waals surface area contributed by atoms with Gasteiger partial charge in [0.25, 0.3) is 0 Å². The van der Waals surface area contributed by atoms with Crippen LogP contribution in [-0.4, -0.2) is 28.6 Å². The van der Waals surface area contributed by atoms with Crippen LogP contribution in [0.3, 0.4) is 0 Å². The van der Waals surface area contributed by atoms with Gasteiger partial charge in [0, 0.05) is 0 Å². The molecule has 1 saturated heterocycles. The second-order valence-corrected chi connectivity index (χ2v) is 3.46. The van der Waals surface area contributed by atoms with E-state index in [-0.39, 0.29) is 6.61 Å². The molecular weight excluding hydrogens is 191 g/mol. The summed E-state index contributed by atoms with van der Waals surface area (Å²) in [6.45, 7) is 1.22. The van der Waals surface area contributed by atoms with E-state index in [1.54, 1.807) is 0 Å². The van der Waals surface area contributed by atoms with Gasteiger partial charge in [0.15, 0.2) is 5.78 Å². The lowest BCUT2D eigenvalue weighted by molar-refractivity contribution is -0.142. The fourth-order valence-electron chi connectivity index (χ4n) is 0.861. The van der Waals surface area contributed by atoms with Crippen LogP contribution in [-0.2, 0) is 14.3 Å². The minimum absolute atomic E-state index is 0.00344. The Kier molecular flexibility index (Phi) is 2.12. The van der Waals surface area contributed by atoms with Crippen LogP contribution in [0.4, 0.5) is 0 Å². The van der Waals surface area contributed by atoms with Crippen LogP contribution in [0.5, 0.6) is 0 Å². The molecular formula is C6H6Cl2O3. The minimum atomic E-state index is -1.65. The number of rotatable bonds is 1. The number of hydrogen-bond acceptors (Lipinski definition) is 3. The van der Waals surface area contributed by atoms with E-state index in [9.17, 15) is 9.59 Å². The van der Waals surface area contributed by atoms with Crippen molar-refractivity contribution in [2.24, 2.45) is 0 Å². The highest BCUT2D eigenvalue weighted by atomic mass is 35.5. The number of carbonyl (C=O) groups excluding carboxylic acids is 2. The van der Waals surface area contributed by atoms with Gasteiger partial charge in [0.2, 0.25) is 4.87 Å². The fraction of sp³-hybridized carbons (Fsp3) is 0.667. The van der Waals surface area contributed by atoms with Crippen molar-refractivity contribution < 1.29 is 14.3 Å². The molecule has 0 bridgehead atoms. The average Bonchev–Trinajstić information content (AvgIpc) is 2.18. The molecule has 2 atom stereocenters. The van der Waals surface area contributed by atoms with Crippen LogP contribution in [0.25, 0.3) is 0 Å². The lowest BCUT2D eigenvalue weighted by Gasteiger charge is -2.14. The van der Waals surface area contributed by atoms with Gasteiger partial charge < -0.3 is 4.74 Å². The summed E-state index contributed by atoms with van der Waals surface area (Å²) in [7, 11) is 0. The SMILES string of the molecule is CC(=O)C1(Cl)C(=O)OCC1Cl. The Morgan fingerprint density at radius 2 is 2.36 bits per heavy atom. The molecule has 5 heteroatoms. The maximum absolute atomic E-state index is 10.9. The Labute approximate surface area is 73.6 Å². The van der Waals surface area contributed by atoms with Crippen LogP contribution in [0.1, 0.15) is 6.92 Å². The predicted molar refractivity (Wildman–Crippen MR) is 39.9 cm³/mol. The van der Waals surface area contributed by atoms with E-state index in [2.05, 4.69) is 4.74 Å². The summed E-state index contributed by atoms with van der Waals surface area (Å²) in [5.74, 6) is -1.21. The number of halogens is 2. The molecule has 0 aromatic carbocycles. The number of cyclic esters (lactones) is 1. The van der Waals surface area contributed by atoms with Crippen molar-refractivity contribution in [1.82, 2.24) is 0 Å². The summed E-state index contributed by atoms with van der Waals surface area (Å²) in [6.07, 6.45) is 0. The summed E-state index contributed by atoms with van der Waals surface area (Å²) < 4.78 is 4.52. The van der Waals surface area contributed by atoms with Crippen LogP contribution in [0.2, 0.25) is 0 Å². The van der Waals surface area contributed by atoms with Gasteiger partial charge in [-0.05, 0) is 6.92 Å². The van der Waals surface area contributed by atoms with Crippen molar-refractivity contribution in [1.29, 1.82) is 0 Å². The molecule has 1 heterocycles. The number of esters is 1. The first-order valence-corrected chi connectivity index (χ1v) is 3.82. The molecule has 1 rings (SSSR count). The predicted octanol–water partition coefficient (Wildman–Crippen LogP) is 0.717. The van der Waals surface area contributed by atoms with Crippen molar-refractivity contribution in [3.8, 4) is 0 Å². The molecule has 62 valence electrons. The highest BCUT2D eigenvalue weighted by molar-refractivity contribution is 6.51. The number of alkyl halides is 2. The third kappa shape index (κ3) is 1.12. The van der Waals surface area contributed by atoms with Gasteiger partial charge in [-0.3, -0.25) is 4.79 Å². The topological polar surface area (TPSA) is 43.4 Å². The quantitative estimate of drug-likeness (QED) is 0.353. The molecule has 0 aromatic heterocycles. The van der Waals surface area contributed by atoms with Gasteiger partial charge in [0.1, 0.15) is 12.0 Å². The van der Waals surface area contributed by atoms with Gasteiger partial charge >= 0.3 is 5.97 Å². The Morgan fingerprint density at radius 1 is 1.82 bits per heavy atom. The van der Waals surface area contributed by atoms with Gasteiger partial charge in [-0.2, -0.15) is 0 Å². The van der Waals surface area contributed by atoms with Crippen LogP contribution in [0, 0.1) is 0 Å². The Bertz CT molecular complexity index is 216. The Morgan fingerprint density at radius 3 is 2.55 bits per heavy atom. The Balaban J connectivity index is 2.98. The van der Waals surface area contributed by atoms with E-state index in [4.69, 9.17) is 23.2 Å². The van der Waals surface area contributed by atoms with E-state index in [1.165, 1.54) is 6.92 Å². The lowest BCUT2D eigenvalue weighted by atomic mass is 10.0. The normalized spacial score (nSPS) is 37.0. The van der Waals surface area contributed by atoms with E-state index >= 15 is 0 Å². The zero-order chi connectivity index (χ0) is 8.65. The second-order valence-electron chi connectivity index (χ2n) is 2.33. The van der Waals surface area contributed by atoms with Gasteiger partial charge in [-0.1, -0.05) is 11.6 Å². The summed E-state index contributed by atoms with van der Waals surface area (Å²) in [6, 6.07) is 0. The second kappa shape index (κ2) is 2.64. The van der Waals surface area contributed by atoms with Crippen LogP contribution in [0.15, 0.2) is 0 Å². The molecule has 2 unspecified atom stereocenters. The first-order chi connectivity index (χ1) is 4.99. The maximum atomic E-state index is 10.9. The van der Waals surface area contributed by atoms with E-state index in [1.807, 2.05) is 0 Å². The smallest absolute Gasteiger partial charge is 0.336 e. The average molecular weight is 197 g/mol. The van der Waals surface area contributed by atoms with Crippen LogP contribution >= 0.6 is 23.2 Å². The number of ketones is 1. The van der Waals surface area contributed by atoms with Gasteiger partial charge in [-0.15, -0.1) is 11.6 Å². The standard InChI is InChI=1S/C6H6Cl2O3/c1-3(9)6(8)4(7)2-11-5(6)10/h4H,2H2,1H3. The van der Waals surface area contributed by atoms with Crippen molar-refractivity contribution in [2.45, 2.75) is 17.2 Å². The van der Waals surface area contributed by atoms with Crippen molar-refractivity contribution >= 4 is 35.0 Å². The van der Waals surface area contributed by atoms with Crippen molar-refractivity contribution in [2.75, 3.05) is 6.61 Å². The molecule has 0 N–H and O–H groups in total. The summed E-state index contributed by atoms with van der Waals surface area (Å²) in [4.78, 5) is 20.1. The molecule has 11 heavy (non-hydrogen) atoms. The molecule has 0 amide bonds. The molecule has 0 aromatic rings. The van der Waals surface area contributed by atoms with Crippen molar-refractivity contribution in [3.63, 3.8) is 0 Å². The number of Topliss-reactive ketones (excluding diaryl/α,β-unsaturated/α-hetero) is 1. The monoisotopic (exact) mass is 196 g/mol. The lowest BCUT2D eigenvalue weighted by Crippen LogP contribution is -2.42. The molecule has 3 nitrogen and oxygen atoms in total. The Hall–Kier alpha value is -0.280. The summed E-state index contributed by atoms with van der Waals surface area (Å²) >= 11 is 11.3. The fourth-order valence-corrected chi connectivity index (χ4v) is 1.28. The zero-order valence-electron chi connectivity index (χ0n) is 5.77.